The number of nitrogens with zero attached hydrogens (tertiary/aromatic N) is 3. The van der Waals surface area contributed by atoms with Crippen molar-refractivity contribution in [2.24, 2.45) is 0 Å². The lowest BCUT2D eigenvalue weighted by molar-refractivity contribution is -0.0670. The van der Waals surface area contributed by atoms with Crippen LogP contribution in [0.4, 0.5) is 5.95 Å². The predicted molar refractivity (Wildman–Crippen MR) is 54.7 cm³/mol. The molecule has 0 aliphatic heterocycles. The van der Waals surface area contributed by atoms with E-state index >= 15 is 0 Å². The summed E-state index contributed by atoms with van der Waals surface area (Å²) in [6.07, 6.45) is 1.81. The number of hydrogen-bond donors (Lipinski definition) is 1. The van der Waals surface area contributed by atoms with Crippen LogP contribution in [0.3, 0.4) is 0 Å². The standard InChI is InChI=1S/C9H18N4O/c1-7(2)14-9(3,4)5-13-6-11-8(10)12-13/h6-7H,5H2,1-4H3,(H2,10,12). The van der Waals surface area contributed by atoms with Crippen LogP contribution in [0, 0.1) is 0 Å². The molecule has 0 aromatic carbocycles. The maximum Gasteiger partial charge on any atom is 0.239 e. The number of nitrogens with two attached hydrogens (primary N) is 1. The number of ether oxygens (including phenoxy) is 1. The van der Waals surface area contributed by atoms with Gasteiger partial charge >= 0.3 is 0 Å². The van der Waals surface area contributed by atoms with E-state index < -0.39 is 0 Å². The molecule has 0 atom stereocenters. The number of hydrogen-bond acceptors (Lipinski definition) is 4. The third kappa shape index (κ3) is 3.33. The summed E-state index contributed by atoms with van der Waals surface area (Å²) in [4.78, 5) is 3.85. The first-order valence-electron chi connectivity index (χ1n) is 4.72. The summed E-state index contributed by atoms with van der Waals surface area (Å²) in [6, 6.07) is 0. The molecule has 0 unspecified atom stereocenters. The first-order chi connectivity index (χ1) is 6.39. The normalized spacial score (nSPS) is 12.4. The highest BCUT2D eigenvalue weighted by molar-refractivity contribution is 5.09. The molecule has 1 aromatic heterocycles. The summed E-state index contributed by atoms with van der Waals surface area (Å²) in [5.74, 6) is 0.297. The maximum absolute atomic E-state index is 5.72. The molecule has 0 saturated carbocycles. The number of aromatic nitrogens is 3. The van der Waals surface area contributed by atoms with Gasteiger partial charge in [0, 0.05) is 0 Å². The van der Waals surface area contributed by atoms with Crippen LogP contribution >= 0.6 is 0 Å². The summed E-state index contributed by atoms with van der Waals surface area (Å²) in [7, 11) is 0. The zero-order valence-electron chi connectivity index (χ0n) is 9.19. The predicted octanol–water partition coefficient (Wildman–Crippen LogP) is 1.06. The SMILES string of the molecule is CC(C)OC(C)(C)Cn1cnc(N)n1. The Balaban J connectivity index is 2.58. The Bertz CT molecular complexity index is 293. The molecule has 0 radical (unpaired) electrons. The van der Waals surface area contributed by atoms with Crippen molar-refractivity contribution in [2.45, 2.75) is 45.9 Å². The topological polar surface area (TPSA) is 66.0 Å². The van der Waals surface area contributed by atoms with Crippen molar-refractivity contribution in [3.05, 3.63) is 6.33 Å². The van der Waals surface area contributed by atoms with Gasteiger partial charge in [-0.2, -0.15) is 0 Å². The molecule has 1 aromatic rings. The highest BCUT2D eigenvalue weighted by atomic mass is 16.5. The van der Waals surface area contributed by atoms with Gasteiger partial charge in [0.1, 0.15) is 6.33 Å². The van der Waals surface area contributed by atoms with Gasteiger partial charge < -0.3 is 10.5 Å². The molecule has 1 heterocycles. The molecule has 1 rings (SSSR count). The van der Waals surface area contributed by atoms with Crippen LogP contribution in [0.25, 0.3) is 0 Å². The van der Waals surface area contributed by atoms with Crippen LogP contribution in [0.1, 0.15) is 27.7 Å². The third-order valence-corrected chi connectivity index (χ3v) is 1.65. The summed E-state index contributed by atoms with van der Waals surface area (Å²) in [6.45, 7) is 8.71. The fourth-order valence-electron chi connectivity index (χ4n) is 1.45. The molecule has 0 bridgehead atoms. The van der Waals surface area contributed by atoms with Crippen molar-refractivity contribution in [1.82, 2.24) is 14.8 Å². The van der Waals surface area contributed by atoms with Crippen molar-refractivity contribution in [3.8, 4) is 0 Å². The van der Waals surface area contributed by atoms with Gasteiger partial charge in [0.15, 0.2) is 0 Å². The molecular weight excluding hydrogens is 180 g/mol. The van der Waals surface area contributed by atoms with Gasteiger partial charge in [-0.05, 0) is 27.7 Å². The van der Waals surface area contributed by atoms with Crippen LogP contribution in [0.15, 0.2) is 6.33 Å². The maximum atomic E-state index is 5.72. The van der Waals surface area contributed by atoms with Gasteiger partial charge in [-0.3, -0.25) is 0 Å². The molecule has 80 valence electrons. The van der Waals surface area contributed by atoms with Crippen molar-refractivity contribution < 1.29 is 4.74 Å². The Morgan fingerprint density at radius 3 is 2.64 bits per heavy atom. The first-order valence-corrected chi connectivity index (χ1v) is 4.72. The average molecular weight is 198 g/mol. The summed E-state index contributed by atoms with van der Waals surface area (Å²) < 4.78 is 7.41. The highest BCUT2D eigenvalue weighted by Gasteiger charge is 2.21. The van der Waals surface area contributed by atoms with E-state index in [2.05, 4.69) is 10.1 Å². The minimum Gasteiger partial charge on any atom is -0.371 e. The molecule has 0 spiro atoms. The highest BCUT2D eigenvalue weighted by Crippen LogP contribution is 2.14. The molecular formula is C9H18N4O. The Kier molecular flexibility index (Phi) is 3.10. The lowest BCUT2D eigenvalue weighted by Gasteiger charge is -2.27. The molecule has 5 heteroatoms. The van der Waals surface area contributed by atoms with Crippen LogP contribution in [-0.4, -0.2) is 26.5 Å². The van der Waals surface area contributed by atoms with E-state index in [0.29, 0.717) is 12.5 Å². The minimum atomic E-state index is -0.256. The number of rotatable bonds is 4. The Labute approximate surface area is 84.3 Å². The van der Waals surface area contributed by atoms with Crippen LogP contribution in [0.5, 0.6) is 0 Å². The van der Waals surface area contributed by atoms with Gasteiger partial charge in [-0.15, -0.1) is 5.10 Å². The summed E-state index contributed by atoms with van der Waals surface area (Å²) in [5.41, 5.74) is 5.16. The molecule has 0 saturated heterocycles. The lowest BCUT2D eigenvalue weighted by atomic mass is 10.1. The second-order valence-corrected chi connectivity index (χ2v) is 4.23. The Morgan fingerprint density at radius 1 is 1.57 bits per heavy atom. The fraction of sp³-hybridized carbons (Fsp3) is 0.778. The van der Waals surface area contributed by atoms with Crippen molar-refractivity contribution in [1.29, 1.82) is 0 Å². The van der Waals surface area contributed by atoms with E-state index in [-0.39, 0.29) is 11.7 Å². The summed E-state index contributed by atoms with van der Waals surface area (Å²) >= 11 is 0. The lowest BCUT2D eigenvalue weighted by Crippen LogP contribution is -2.33. The molecule has 2 N–H and O–H groups in total. The quantitative estimate of drug-likeness (QED) is 0.785. The monoisotopic (exact) mass is 198 g/mol. The zero-order chi connectivity index (χ0) is 10.8. The van der Waals surface area contributed by atoms with E-state index in [0.717, 1.165) is 0 Å². The Hall–Kier alpha value is -1.10. The first kappa shape index (κ1) is 11.0. The molecule has 0 amide bonds. The number of nitrogen functional groups attached to an aromatic ring is 1. The van der Waals surface area contributed by atoms with E-state index in [9.17, 15) is 0 Å². The molecule has 0 aliphatic carbocycles. The zero-order valence-corrected chi connectivity index (χ0v) is 9.19. The minimum absolute atomic E-state index is 0.200. The van der Waals surface area contributed by atoms with Crippen LogP contribution in [-0.2, 0) is 11.3 Å². The third-order valence-electron chi connectivity index (χ3n) is 1.65. The molecule has 0 aliphatic rings. The van der Waals surface area contributed by atoms with Crippen molar-refractivity contribution in [2.75, 3.05) is 5.73 Å². The second-order valence-electron chi connectivity index (χ2n) is 4.23. The Morgan fingerprint density at radius 2 is 2.21 bits per heavy atom. The van der Waals surface area contributed by atoms with E-state index in [1.165, 1.54) is 0 Å². The van der Waals surface area contributed by atoms with Gasteiger partial charge in [-0.1, -0.05) is 0 Å². The van der Waals surface area contributed by atoms with Gasteiger partial charge in [0.05, 0.1) is 18.2 Å². The molecule has 0 fully saturated rings. The van der Waals surface area contributed by atoms with E-state index in [4.69, 9.17) is 10.5 Å². The second kappa shape index (κ2) is 3.96. The van der Waals surface area contributed by atoms with Crippen LogP contribution in [0.2, 0.25) is 0 Å². The molecule has 5 nitrogen and oxygen atoms in total. The summed E-state index contributed by atoms with van der Waals surface area (Å²) in [5, 5.41) is 4.01. The van der Waals surface area contributed by atoms with Crippen molar-refractivity contribution >= 4 is 5.95 Å². The smallest absolute Gasteiger partial charge is 0.239 e. The van der Waals surface area contributed by atoms with Crippen molar-refractivity contribution in [3.63, 3.8) is 0 Å². The fourth-order valence-corrected chi connectivity index (χ4v) is 1.45. The van der Waals surface area contributed by atoms with Gasteiger partial charge in [0.25, 0.3) is 0 Å². The van der Waals surface area contributed by atoms with E-state index in [1.807, 2.05) is 27.7 Å². The van der Waals surface area contributed by atoms with Gasteiger partial charge in [-0.25, -0.2) is 9.67 Å². The van der Waals surface area contributed by atoms with E-state index in [1.54, 1.807) is 11.0 Å². The number of anilines is 1. The average Bonchev–Trinajstić information content (AvgIpc) is 2.30. The molecule has 14 heavy (non-hydrogen) atoms. The van der Waals surface area contributed by atoms with Crippen LogP contribution < -0.4 is 5.73 Å². The van der Waals surface area contributed by atoms with Gasteiger partial charge in [0.2, 0.25) is 5.95 Å². The largest absolute Gasteiger partial charge is 0.371 e.